The molecule has 2 atom stereocenters. The Labute approximate surface area is 146 Å². The van der Waals surface area contributed by atoms with Crippen molar-refractivity contribution in [2.24, 2.45) is 11.8 Å². The normalized spacial score (nSPS) is 23.4. The molecule has 1 saturated carbocycles. The molecule has 1 aliphatic heterocycles. The maximum atomic E-state index is 14.6. The van der Waals surface area contributed by atoms with Gasteiger partial charge < -0.3 is 9.64 Å². The molecule has 1 aliphatic carbocycles. The number of aromatic nitrogens is 5. The molecule has 2 aromatic rings. The smallest absolute Gasteiger partial charge is 0.186 e. The van der Waals surface area contributed by atoms with Gasteiger partial charge >= 0.3 is 0 Å². The fourth-order valence-electron chi connectivity index (χ4n) is 3.84. The van der Waals surface area contributed by atoms with E-state index >= 15 is 0 Å². The second-order valence-electron chi connectivity index (χ2n) is 7.08. The summed E-state index contributed by atoms with van der Waals surface area (Å²) in [5.41, 5.74) is 0.397. The van der Waals surface area contributed by atoms with E-state index in [0.717, 1.165) is 18.2 Å². The number of ether oxygens (including phenoxy) is 1. The molecule has 2 aliphatic rings. The third-order valence-electron chi connectivity index (χ3n) is 5.17. The minimum Gasteiger partial charge on any atom is -0.377 e. The van der Waals surface area contributed by atoms with E-state index < -0.39 is 0 Å². The molecule has 4 rings (SSSR count). The van der Waals surface area contributed by atoms with Crippen molar-refractivity contribution in [2.45, 2.75) is 39.2 Å². The number of nitrogens with zero attached hydrogens (tertiary/aromatic N) is 5. The summed E-state index contributed by atoms with van der Waals surface area (Å²) in [6.07, 6.45) is 2.46. The number of hydrogen-bond acceptors (Lipinski definition) is 6. The van der Waals surface area contributed by atoms with Gasteiger partial charge in [0.25, 0.3) is 0 Å². The van der Waals surface area contributed by atoms with Crippen molar-refractivity contribution >= 4 is 5.82 Å². The highest BCUT2D eigenvalue weighted by molar-refractivity contribution is 5.44. The van der Waals surface area contributed by atoms with Crippen LogP contribution in [0.2, 0.25) is 0 Å². The van der Waals surface area contributed by atoms with Gasteiger partial charge in [-0.15, -0.1) is 0 Å². The maximum absolute atomic E-state index is 14.6. The van der Waals surface area contributed by atoms with Crippen molar-refractivity contribution in [3.8, 4) is 0 Å². The summed E-state index contributed by atoms with van der Waals surface area (Å²) < 4.78 is 19.7. The summed E-state index contributed by atoms with van der Waals surface area (Å²) in [6, 6.07) is 0. The molecule has 1 N–H and O–H groups in total. The van der Waals surface area contributed by atoms with Gasteiger partial charge in [0.15, 0.2) is 23.3 Å². The second kappa shape index (κ2) is 6.33. The lowest BCUT2D eigenvalue weighted by atomic mass is 9.91. The van der Waals surface area contributed by atoms with E-state index in [0.29, 0.717) is 42.3 Å². The number of hydrogen-bond donors (Lipinski definition) is 1. The van der Waals surface area contributed by atoms with E-state index in [4.69, 9.17) is 4.74 Å². The molecule has 3 heterocycles. The maximum Gasteiger partial charge on any atom is 0.186 e. The first-order valence-electron chi connectivity index (χ1n) is 8.72. The molecule has 8 heteroatoms. The standard InChI is InChI=1S/C17H23FN6O/c1-9-15(18)17(20-10(2)19-9)24-6-12(11-4-5-11)13(7-24)16-21-14(8-25-3)22-23-16/h11-13H,4-8H2,1-3H3,(H,21,22,23)/t12-,13+/m1/s1. The molecule has 0 spiro atoms. The average molecular weight is 346 g/mol. The number of nitrogens with one attached hydrogen (secondary N) is 1. The number of aryl methyl sites for hydroxylation is 2. The van der Waals surface area contributed by atoms with Gasteiger partial charge in [-0.2, -0.15) is 5.10 Å². The Kier molecular flexibility index (Phi) is 4.15. The fraction of sp³-hybridized carbons (Fsp3) is 0.647. The van der Waals surface area contributed by atoms with Crippen LogP contribution in [0, 0.1) is 31.5 Å². The minimum atomic E-state index is -0.323. The van der Waals surface area contributed by atoms with Crippen LogP contribution >= 0.6 is 0 Å². The molecule has 0 radical (unpaired) electrons. The number of rotatable bonds is 5. The first-order chi connectivity index (χ1) is 12.1. The van der Waals surface area contributed by atoms with Gasteiger partial charge in [-0.1, -0.05) is 0 Å². The molecule has 2 fully saturated rings. The van der Waals surface area contributed by atoms with Crippen molar-refractivity contribution in [1.29, 1.82) is 0 Å². The third kappa shape index (κ3) is 3.10. The van der Waals surface area contributed by atoms with Gasteiger partial charge in [0.2, 0.25) is 0 Å². The fourth-order valence-corrected chi connectivity index (χ4v) is 3.84. The van der Waals surface area contributed by atoms with Crippen LogP contribution in [-0.4, -0.2) is 45.3 Å². The van der Waals surface area contributed by atoms with Gasteiger partial charge in [-0.25, -0.2) is 19.3 Å². The molecule has 134 valence electrons. The molecule has 0 bridgehead atoms. The summed E-state index contributed by atoms with van der Waals surface area (Å²) in [6.45, 7) is 5.37. The summed E-state index contributed by atoms with van der Waals surface area (Å²) in [5, 5.41) is 7.34. The first-order valence-corrected chi connectivity index (χ1v) is 8.72. The van der Waals surface area contributed by atoms with Crippen molar-refractivity contribution in [2.75, 3.05) is 25.1 Å². The Hall–Kier alpha value is -2.09. The Morgan fingerprint density at radius 3 is 2.72 bits per heavy atom. The summed E-state index contributed by atoms with van der Waals surface area (Å²) in [4.78, 5) is 15.1. The highest BCUT2D eigenvalue weighted by Gasteiger charge is 2.45. The van der Waals surface area contributed by atoms with E-state index in [1.165, 1.54) is 12.8 Å². The van der Waals surface area contributed by atoms with Crippen molar-refractivity contribution < 1.29 is 9.13 Å². The molecular formula is C17H23FN6O. The monoisotopic (exact) mass is 346 g/mol. The van der Waals surface area contributed by atoms with Gasteiger partial charge in [-0.05, 0) is 38.5 Å². The Bertz CT molecular complexity index is 774. The lowest BCUT2D eigenvalue weighted by Gasteiger charge is -2.19. The Morgan fingerprint density at radius 1 is 1.20 bits per heavy atom. The quantitative estimate of drug-likeness (QED) is 0.893. The molecule has 0 unspecified atom stereocenters. The van der Waals surface area contributed by atoms with E-state index in [-0.39, 0.29) is 11.7 Å². The topological polar surface area (TPSA) is 79.8 Å². The van der Waals surface area contributed by atoms with Crippen LogP contribution < -0.4 is 4.90 Å². The van der Waals surface area contributed by atoms with Gasteiger partial charge in [-0.3, -0.25) is 5.10 Å². The zero-order chi connectivity index (χ0) is 17.6. The predicted octanol–water partition coefficient (Wildman–Crippen LogP) is 2.13. The molecule has 7 nitrogen and oxygen atoms in total. The first kappa shape index (κ1) is 16.4. The molecule has 25 heavy (non-hydrogen) atoms. The Morgan fingerprint density at radius 2 is 2.00 bits per heavy atom. The van der Waals surface area contributed by atoms with Gasteiger partial charge in [0.05, 0.1) is 5.69 Å². The number of halogens is 1. The summed E-state index contributed by atoms with van der Waals surface area (Å²) >= 11 is 0. The number of aromatic amines is 1. The van der Waals surface area contributed by atoms with Crippen LogP contribution in [-0.2, 0) is 11.3 Å². The molecule has 0 amide bonds. The van der Waals surface area contributed by atoms with E-state index in [2.05, 4.69) is 25.1 Å². The number of anilines is 1. The van der Waals surface area contributed by atoms with Crippen LogP contribution in [0.5, 0.6) is 0 Å². The highest BCUT2D eigenvalue weighted by Crippen LogP contribution is 2.47. The van der Waals surface area contributed by atoms with Crippen LogP contribution in [0.3, 0.4) is 0 Å². The minimum absolute atomic E-state index is 0.185. The lowest BCUT2D eigenvalue weighted by molar-refractivity contribution is 0.178. The molecule has 0 aromatic carbocycles. The molecular weight excluding hydrogens is 323 g/mol. The number of methoxy groups -OCH3 is 1. The van der Waals surface area contributed by atoms with Gasteiger partial charge in [0, 0.05) is 26.1 Å². The summed E-state index contributed by atoms with van der Waals surface area (Å²) in [5.74, 6) is 3.50. The van der Waals surface area contributed by atoms with E-state index in [1.54, 1.807) is 21.0 Å². The largest absolute Gasteiger partial charge is 0.377 e. The molecule has 1 saturated heterocycles. The SMILES string of the molecule is COCc1nc([C@H]2CN(c3nc(C)nc(C)c3F)C[C@@H]2C2CC2)n[nH]1. The van der Waals surface area contributed by atoms with Gasteiger partial charge in [0.1, 0.15) is 12.4 Å². The van der Waals surface area contributed by atoms with Crippen molar-refractivity contribution in [1.82, 2.24) is 25.1 Å². The highest BCUT2D eigenvalue weighted by atomic mass is 19.1. The van der Waals surface area contributed by atoms with Crippen molar-refractivity contribution in [3.63, 3.8) is 0 Å². The van der Waals surface area contributed by atoms with Crippen LogP contribution in [0.15, 0.2) is 0 Å². The van der Waals surface area contributed by atoms with Crippen molar-refractivity contribution in [3.05, 3.63) is 29.0 Å². The second-order valence-corrected chi connectivity index (χ2v) is 7.08. The predicted molar refractivity (Wildman–Crippen MR) is 89.7 cm³/mol. The number of H-pyrrole nitrogens is 1. The van der Waals surface area contributed by atoms with E-state index in [1.807, 2.05) is 4.90 Å². The average Bonchev–Trinajstić information content (AvgIpc) is 3.15. The van der Waals surface area contributed by atoms with Crippen LogP contribution in [0.4, 0.5) is 10.2 Å². The third-order valence-corrected chi connectivity index (χ3v) is 5.17. The van der Waals surface area contributed by atoms with E-state index in [9.17, 15) is 4.39 Å². The lowest BCUT2D eigenvalue weighted by Crippen LogP contribution is -2.24. The Balaban J connectivity index is 1.62. The molecule has 2 aromatic heterocycles. The van der Waals surface area contributed by atoms with Crippen LogP contribution in [0.25, 0.3) is 0 Å². The summed E-state index contributed by atoms with van der Waals surface area (Å²) in [7, 11) is 1.63. The zero-order valence-corrected chi connectivity index (χ0v) is 14.8. The zero-order valence-electron chi connectivity index (χ0n) is 14.8. The van der Waals surface area contributed by atoms with Crippen LogP contribution in [0.1, 0.15) is 41.9 Å².